The smallest absolute Gasteiger partial charge is 0.287 e. The minimum absolute atomic E-state index is 0.0647. The minimum atomic E-state index is -0.199. The summed E-state index contributed by atoms with van der Waals surface area (Å²) in [7, 11) is 0. The second-order valence-corrected chi connectivity index (χ2v) is 5.25. The third-order valence-corrected chi connectivity index (χ3v) is 2.82. The molecule has 0 aliphatic heterocycles. The van der Waals surface area contributed by atoms with Crippen molar-refractivity contribution < 1.29 is 9.21 Å². The number of nitrogens with two attached hydrogens (primary N) is 1. The third kappa shape index (κ3) is 3.60. The number of amides is 1. The molecule has 1 unspecified atom stereocenters. The van der Waals surface area contributed by atoms with Crippen LogP contribution in [0, 0.1) is 5.41 Å². The Balaban J connectivity index is 2.71. The van der Waals surface area contributed by atoms with E-state index < -0.39 is 0 Å². The molecule has 1 heterocycles. The summed E-state index contributed by atoms with van der Waals surface area (Å²) in [6.07, 6.45) is 0.785. The predicted octanol–water partition coefficient (Wildman–Crippen LogP) is 1.95. The van der Waals surface area contributed by atoms with E-state index in [1.165, 1.54) is 0 Å². The fourth-order valence-corrected chi connectivity index (χ4v) is 1.55. The number of aryl methyl sites for hydroxylation is 1. The molecule has 0 saturated carbocycles. The van der Waals surface area contributed by atoms with Crippen LogP contribution >= 0.6 is 0 Å². The third-order valence-electron chi connectivity index (χ3n) is 2.82. The molecule has 0 radical (unpaired) electrons. The summed E-state index contributed by atoms with van der Waals surface area (Å²) in [5.74, 6) is 0.967. The van der Waals surface area contributed by atoms with Crippen LogP contribution in [0.1, 0.15) is 44.0 Å². The molecule has 1 atom stereocenters. The van der Waals surface area contributed by atoms with Crippen molar-refractivity contribution in [3.8, 4) is 0 Å². The maximum absolute atomic E-state index is 11.9. The fraction of sp³-hybridized carbons (Fsp3) is 0.615. The van der Waals surface area contributed by atoms with Crippen LogP contribution in [0.3, 0.4) is 0 Å². The quantitative estimate of drug-likeness (QED) is 0.842. The zero-order valence-electron chi connectivity index (χ0n) is 11.0. The maximum Gasteiger partial charge on any atom is 0.287 e. The van der Waals surface area contributed by atoms with Gasteiger partial charge in [-0.3, -0.25) is 4.79 Å². The van der Waals surface area contributed by atoms with Gasteiger partial charge in [-0.25, -0.2) is 0 Å². The van der Waals surface area contributed by atoms with Crippen LogP contribution < -0.4 is 11.1 Å². The largest absolute Gasteiger partial charge is 0.456 e. The summed E-state index contributed by atoms with van der Waals surface area (Å²) < 4.78 is 5.40. The van der Waals surface area contributed by atoms with Gasteiger partial charge >= 0.3 is 0 Å². The average molecular weight is 238 g/mol. The fourth-order valence-electron chi connectivity index (χ4n) is 1.55. The highest BCUT2D eigenvalue weighted by Gasteiger charge is 2.26. The van der Waals surface area contributed by atoms with Crippen LogP contribution in [-0.2, 0) is 6.42 Å². The van der Waals surface area contributed by atoms with E-state index >= 15 is 0 Å². The van der Waals surface area contributed by atoms with Gasteiger partial charge in [0.1, 0.15) is 5.76 Å². The molecular formula is C13H22N2O2. The van der Waals surface area contributed by atoms with Crippen LogP contribution in [0.2, 0.25) is 0 Å². The van der Waals surface area contributed by atoms with E-state index in [2.05, 4.69) is 5.32 Å². The molecule has 1 rings (SSSR count). The summed E-state index contributed by atoms with van der Waals surface area (Å²) in [5.41, 5.74) is 5.61. The van der Waals surface area contributed by atoms with Crippen LogP contribution in [-0.4, -0.2) is 18.5 Å². The van der Waals surface area contributed by atoms with Gasteiger partial charge in [-0.05, 0) is 17.5 Å². The molecule has 17 heavy (non-hydrogen) atoms. The summed E-state index contributed by atoms with van der Waals surface area (Å²) in [5, 5.41) is 2.90. The van der Waals surface area contributed by atoms with Crippen molar-refractivity contribution in [2.45, 2.75) is 40.2 Å². The molecule has 0 spiro atoms. The predicted molar refractivity (Wildman–Crippen MR) is 67.8 cm³/mol. The van der Waals surface area contributed by atoms with Crippen molar-refractivity contribution in [2.24, 2.45) is 11.1 Å². The first-order valence-corrected chi connectivity index (χ1v) is 5.98. The summed E-state index contributed by atoms with van der Waals surface area (Å²) in [6, 6.07) is 3.46. The highest BCUT2D eigenvalue weighted by atomic mass is 16.3. The van der Waals surface area contributed by atoms with Crippen molar-refractivity contribution in [3.63, 3.8) is 0 Å². The van der Waals surface area contributed by atoms with E-state index in [4.69, 9.17) is 10.2 Å². The highest BCUT2D eigenvalue weighted by Crippen LogP contribution is 2.19. The van der Waals surface area contributed by atoms with Gasteiger partial charge in [0, 0.05) is 19.0 Å². The molecule has 96 valence electrons. The molecule has 4 nitrogen and oxygen atoms in total. The molecule has 0 aliphatic rings. The summed E-state index contributed by atoms with van der Waals surface area (Å²) in [6.45, 7) is 8.54. The number of carbonyl (C=O) groups excluding carboxylic acids is 1. The molecule has 0 bridgehead atoms. The Kier molecular flexibility index (Phi) is 4.34. The lowest BCUT2D eigenvalue weighted by Gasteiger charge is -2.29. The molecule has 0 aliphatic carbocycles. The molecule has 3 N–H and O–H groups in total. The molecule has 1 aromatic heterocycles. The van der Waals surface area contributed by atoms with Gasteiger partial charge in [0.2, 0.25) is 0 Å². The number of furan rings is 1. The highest BCUT2D eigenvalue weighted by molar-refractivity contribution is 5.91. The lowest BCUT2D eigenvalue weighted by atomic mass is 9.87. The SMILES string of the molecule is CCc1ccc(C(=O)NC(CN)C(C)(C)C)o1. The topological polar surface area (TPSA) is 68.3 Å². The number of carbonyl (C=O) groups is 1. The molecule has 1 amide bonds. The second-order valence-electron chi connectivity index (χ2n) is 5.25. The molecule has 0 aromatic carbocycles. The molecular weight excluding hydrogens is 216 g/mol. The van der Waals surface area contributed by atoms with E-state index in [0.717, 1.165) is 12.2 Å². The lowest BCUT2D eigenvalue weighted by molar-refractivity contribution is 0.0875. The van der Waals surface area contributed by atoms with Crippen molar-refractivity contribution in [1.29, 1.82) is 0 Å². The first-order valence-electron chi connectivity index (χ1n) is 5.98. The Bertz CT molecular complexity index is 377. The number of nitrogens with one attached hydrogen (secondary N) is 1. The van der Waals surface area contributed by atoms with Crippen molar-refractivity contribution in [3.05, 3.63) is 23.7 Å². The standard InChI is InChI=1S/C13H22N2O2/c1-5-9-6-7-10(17-9)12(16)15-11(8-14)13(2,3)4/h6-7,11H,5,8,14H2,1-4H3,(H,15,16). The average Bonchev–Trinajstić information content (AvgIpc) is 2.72. The zero-order valence-corrected chi connectivity index (χ0v) is 11.0. The number of hydrogen-bond acceptors (Lipinski definition) is 3. The van der Waals surface area contributed by atoms with E-state index in [9.17, 15) is 4.79 Å². The van der Waals surface area contributed by atoms with Crippen LogP contribution in [0.25, 0.3) is 0 Å². The van der Waals surface area contributed by atoms with Gasteiger partial charge in [0.05, 0.1) is 0 Å². The molecule has 4 heteroatoms. The Morgan fingerprint density at radius 3 is 2.53 bits per heavy atom. The molecule has 0 fully saturated rings. The Morgan fingerprint density at radius 2 is 2.12 bits per heavy atom. The Labute approximate surface area is 103 Å². The van der Waals surface area contributed by atoms with E-state index in [1.807, 2.05) is 33.8 Å². The van der Waals surface area contributed by atoms with E-state index in [-0.39, 0.29) is 17.4 Å². The second kappa shape index (κ2) is 5.36. The van der Waals surface area contributed by atoms with Gasteiger partial charge in [-0.15, -0.1) is 0 Å². The van der Waals surface area contributed by atoms with Gasteiger partial charge in [0.15, 0.2) is 5.76 Å². The van der Waals surface area contributed by atoms with Crippen LogP contribution in [0.5, 0.6) is 0 Å². The maximum atomic E-state index is 11.9. The van der Waals surface area contributed by atoms with Crippen molar-refractivity contribution >= 4 is 5.91 Å². The number of rotatable bonds is 4. The van der Waals surface area contributed by atoms with Gasteiger partial charge in [-0.2, -0.15) is 0 Å². The van der Waals surface area contributed by atoms with E-state index in [0.29, 0.717) is 12.3 Å². The van der Waals surface area contributed by atoms with Crippen molar-refractivity contribution in [2.75, 3.05) is 6.54 Å². The van der Waals surface area contributed by atoms with Crippen LogP contribution in [0.4, 0.5) is 0 Å². The van der Waals surface area contributed by atoms with Gasteiger partial charge in [0.25, 0.3) is 5.91 Å². The molecule has 0 saturated heterocycles. The first kappa shape index (κ1) is 13.8. The summed E-state index contributed by atoms with van der Waals surface area (Å²) >= 11 is 0. The van der Waals surface area contributed by atoms with Crippen molar-refractivity contribution in [1.82, 2.24) is 5.32 Å². The molecule has 1 aromatic rings. The lowest BCUT2D eigenvalue weighted by Crippen LogP contribution is -2.48. The number of hydrogen-bond donors (Lipinski definition) is 2. The minimum Gasteiger partial charge on any atom is -0.456 e. The van der Waals surface area contributed by atoms with Gasteiger partial charge < -0.3 is 15.5 Å². The monoisotopic (exact) mass is 238 g/mol. The van der Waals surface area contributed by atoms with E-state index in [1.54, 1.807) is 6.07 Å². The zero-order chi connectivity index (χ0) is 13.1. The van der Waals surface area contributed by atoms with Gasteiger partial charge in [-0.1, -0.05) is 27.7 Å². The first-order chi connectivity index (χ1) is 7.88. The summed E-state index contributed by atoms with van der Waals surface area (Å²) in [4.78, 5) is 11.9. The Morgan fingerprint density at radius 1 is 1.47 bits per heavy atom. The Hall–Kier alpha value is -1.29. The normalized spacial score (nSPS) is 13.5. The van der Waals surface area contributed by atoms with Crippen LogP contribution in [0.15, 0.2) is 16.5 Å².